The number of carbonyl (C=O) groups is 1. The quantitative estimate of drug-likeness (QED) is 0.531. The molecule has 0 aliphatic heterocycles. The van der Waals surface area contributed by atoms with Crippen LogP contribution in [-0.2, 0) is 17.9 Å². The van der Waals surface area contributed by atoms with Crippen molar-refractivity contribution < 1.29 is 9.53 Å². The number of rotatable bonds is 6. The second kappa shape index (κ2) is 7.98. The van der Waals surface area contributed by atoms with Crippen LogP contribution in [0.5, 0.6) is 5.75 Å². The molecular formula is C22H24N6O2. The van der Waals surface area contributed by atoms with Gasteiger partial charge in [-0.1, -0.05) is 12.1 Å². The molecule has 1 N–H and O–H groups in total. The fraction of sp³-hybridized carbons (Fsp3) is 0.273. The number of amides is 1. The molecule has 0 spiro atoms. The molecule has 0 saturated carbocycles. The third kappa shape index (κ3) is 3.63. The van der Waals surface area contributed by atoms with E-state index in [0.29, 0.717) is 11.5 Å². The number of fused-ring (bicyclic) bond motifs is 1. The van der Waals surface area contributed by atoms with Gasteiger partial charge in [0.05, 0.1) is 12.8 Å². The van der Waals surface area contributed by atoms with Gasteiger partial charge in [-0.25, -0.2) is 9.67 Å². The largest absolute Gasteiger partial charge is 0.497 e. The van der Waals surface area contributed by atoms with Gasteiger partial charge in [-0.3, -0.25) is 9.48 Å². The van der Waals surface area contributed by atoms with Crippen molar-refractivity contribution >= 4 is 22.8 Å². The topological polar surface area (TPSA) is 86.9 Å². The third-order valence-corrected chi connectivity index (χ3v) is 5.05. The summed E-state index contributed by atoms with van der Waals surface area (Å²) in [7, 11) is 1.65. The van der Waals surface area contributed by atoms with Crippen molar-refractivity contribution in [1.29, 1.82) is 0 Å². The zero-order chi connectivity index (χ0) is 21.3. The highest BCUT2D eigenvalue weighted by Crippen LogP contribution is 2.30. The van der Waals surface area contributed by atoms with Gasteiger partial charge in [0.15, 0.2) is 11.5 Å². The second-order valence-electron chi connectivity index (χ2n) is 7.06. The Hall–Kier alpha value is -3.68. The predicted molar refractivity (Wildman–Crippen MR) is 116 cm³/mol. The molecule has 1 amide bonds. The molecule has 0 atom stereocenters. The number of pyridine rings is 1. The number of hydrogen-bond donors (Lipinski definition) is 1. The van der Waals surface area contributed by atoms with Crippen molar-refractivity contribution in [1.82, 2.24) is 24.5 Å². The highest BCUT2D eigenvalue weighted by Gasteiger charge is 2.16. The van der Waals surface area contributed by atoms with Crippen LogP contribution in [0.3, 0.4) is 0 Å². The van der Waals surface area contributed by atoms with Gasteiger partial charge in [-0.2, -0.15) is 10.2 Å². The number of methoxy groups -OCH3 is 1. The van der Waals surface area contributed by atoms with Gasteiger partial charge in [0.1, 0.15) is 12.3 Å². The van der Waals surface area contributed by atoms with Gasteiger partial charge in [0.2, 0.25) is 5.91 Å². The van der Waals surface area contributed by atoms with Crippen molar-refractivity contribution in [2.45, 2.75) is 33.9 Å². The maximum atomic E-state index is 12.6. The molecule has 0 fully saturated rings. The minimum atomic E-state index is -0.197. The van der Waals surface area contributed by atoms with E-state index >= 15 is 0 Å². The van der Waals surface area contributed by atoms with E-state index in [1.165, 1.54) is 0 Å². The third-order valence-electron chi connectivity index (χ3n) is 5.05. The summed E-state index contributed by atoms with van der Waals surface area (Å²) in [5, 5.41) is 12.7. The molecule has 0 aliphatic carbocycles. The molecule has 1 aromatic carbocycles. The van der Waals surface area contributed by atoms with E-state index in [9.17, 15) is 4.79 Å². The summed E-state index contributed by atoms with van der Waals surface area (Å²) < 4.78 is 8.72. The van der Waals surface area contributed by atoms with Gasteiger partial charge in [0.25, 0.3) is 0 Å². The maximum absolute atomic E-state index is 12.6. The second-order valence-corrected chi connectivity index (χ2v) is 7.06. The molecule has 0 unspecified atom stereocenters. The Balaban J connectivity index is 1.63. The number of nitrogens with one attached hydrogen (secondary N) is 1. The van der Waals surface area contributed by atoms with Gasteiger partial charge in [-0.15, -0.1) is 0 Å². The fourth-order valence-corrected chi connectivity index (χ4v) is 3.61. The smallest absolute Gasteiger partial charge is 0.247 e. The first kappa shape index (κ1) is 19.6. The van der Waals surface area contributed by atoms with E-state index in [0.717, 1.165) is 40.2 Å². The first-order valence-electron chi connectivity index (χ1n) is 9.81. The van der Waals surface area contributed by atoms with Crippen LogP contribution in [0.1, 0.15) is 18.3 Å². The molecule has 0 radical (unpaired) electrons. The van der Waals surface area contributed by atoms with Gasteiger partial charge in [-0.05, 0) is 50.1 Å². The Kier molecular flexibility index (Phi) is 5.22. The molecule has 3 aromatic heterocycles. The molecule has 8 nitrogen and oxygen atoms in total. The number of ether oxygens (including phenoxy) is 1. The monoisotopic (exact) mass is 404 g/mol. The fourth-order valence-electron chi connectivity index (χ4n) is 3.61. The summed E-state index contributed by atoms with van der Waals surface area (Å²) in [6.07, 6.45) is 1.74. The Labute approximate surface area is 174 Å². The molecule has 0 aliphatic rings. The SMILES string of the molecule is CCn1nc(NC(=O)Cn2nc(C)c3c(-c4ccc(OC)cc4)ccnc32)cc1C. The molecule has 3 heterocycles. The standard InChI is InChI=1S/C22H24N6O2/c1-5-27-14(2)12-19(26-27)24-20(29)13-28-22-21(15(3)25-28)18(10-11-23-22)16-6-8-17(30-4)9-7-16/h6-12H,5,13H2,1-4H3,(H,24,26,29). The zero-order valence-corrected chi connectivity index (χ0v) is 17.5. The van der Waals surface area contributed by atoms with Crippen molar-refractivity contribution in [2.24, 2.45) is 0 Å². The molecule has 0 bridgehead atoms. The summed E-state index contributed by atoms with van der Waals surface area (Å²) in [5.74, 6) is 1.14. The van der Waals surface area contributed by atoms with Crippen LogP contribution in [-0.4, -0.2) is 37.6 Å². The van der Waals surface area contributed by atoms with Crippen LogP contribution >= 0.6 is 0 Å². The summed E-state index contributed by atoms with van der Waals surface area (Å²) in [4.78, 5) is 17.1. The highest BCUT2D eigenvalue weighted by atomic mass is 16.5. The average Bonchev–Trinajstić information content (AvgIpc) is 3.26. The van der Waals surface area contributed by atoms with E-state index in [-0.39, 0.29) is 12.5 Å². The molecular weight excluding hydrogens is 380 g/mol. The molecule has 8 heteroatoms. The van der Waals surface area contributed by atoms with Gasteiger partial charge in [0, 0.05) is 29.9 Å². The number of benzene rings is 1. The van der Waals surface area contributed by atoms with E-state index in [2.05, 4.69) is 20.5 Å². The Bertz CT molecular complexity index is 1210. The summed E-state index contributed by atoms with van der Waals surface area (Å²) in [6.45, 7) is 6.71. The lowest BCUT2D eigenvalue weighted by Gasteiger charge is -2.07. The number of hydrogen-bond acceptors (Lipinski definition) is 5. The first-order valence-corrected chi connectivity index (χ1v) is 9.81. The minimum Gasteiger partial charge on any atom is -0.497 e. The number of anilines is 1. The summed E-state index contributed by atoms with van der Waals surface area (Å²) in [5.41, 5.74) is 4.55. The van der Waals surface area contributed by atoms with Crippen LogP contribution in [0.15, 0.2) is 42.6 Å². The minimum absolute atomic E-state index is 0.0570. The average molecular weight is 404 g/mol. The molecule has 30 heavy (non-hydrogen) atoms. The van der Waals surface area contributed by atoms with Crippen molar-refractivity contribution in [2.75, 3.05) is 12.4 Å². The normalized spacial score (nSPS) is 11.1. The number of carbonyl (C=O) groups excluding carboxylic acids is 1. The number of nitrogens with zero attached hydrogens (tertiary/aromatic N) is 5. The van der Waals surface area contributed by atoms with E-state index in [1.54, 1.807) is 18.0 Å². The van der Waals surface area contributed by atoms with Crippen LogP contribution in [0.25, 0.3) is 22.2 Å². The lowest BCUT2D eigenvalue weighted by Crippen LogP contribution is -2.20. The van der Waals surface area contributed by atoms with Crippen molar-refractivity contribution in [3.8, 4) is 16.9 Å². The number of aromatic nitrogens is 5. The van der Waals surface area contributed by atoms with Gasteiger partial charge < -0.3 is 10.1 Å². The highest BCUT2D eigenvalue weighted by molar-refractivity contribution is 5.96. The Morgan fingerprint density at radius 1 is 1.10 bits per heavy atom. The van der Waals surface area contributed by atoms with Crippen molar-refractivity contribution in [3.63, 3.8) is 0 Å². The molecule has 4 rings (SSSR count). The van der Waals surface area contributed by atoms with Crippen molar-refractivity contribution in [3.05, 3.63) is 54.0 Å². The van der Waals surface area contributed by atoms with E-state index in [1.807, 2.05) is 61.9 Å². The molecule has 4 aromatic rings. The summed E-state index contributed by atoms with van der Waals surface area (Å²) >= 11 is 0. The predicted octanol–water partition coefficient (Wildman–Crippen LogP) is 3.58. The lowest BCUT2D eigenvalue weighted by molar-refractivity contribution is -0.116. The molecule has 154 valence electrons. The van der Waals surface area contributed by atoms with Crippen LogP contribution in [0.4, 0.5) is 5.82 Å². The summed E-state index contributed by atoms with van der Waals surface area (Å²) in [6, 6.07) is 11.7. The molecule has 0 saturated heterocycles. The number of aryl methyl sites for hydroxylation is 3. The first-order chi connectivity index (χ1) is 14.5. The van der Waals surface area contributed by atoms with E-state index < -0.39 is 0 Å². The van der Waals surface area contributed by atoms with Crippen LogP contribution in [0.2, 0.25) is 0 Å². The maximum Gasteiger partial charge on any atom is 0.247 e. The van der Waals surface area contributed by atoms with E-state index in [4.69, 9.17) is 4.74 Å². The lowest BCUT2D eigenvalue weighted by atomic mass is 10.0. The van der Waals surface area contributed by atoms with Crippen LogP contribution in [0, 0.1) is 13.8 Å². The van der Waals surface area contributed by atoms with Crippen LogP contribution < -0.4 is 10.1 Å². The Morgan fingerprint density at radius 2 is 1.87 bits per heavy atom. The van der Waals surface area contributed by atoms with Gasteiger partial charge >= 0.3 is 0 Å². The Morgan fingerprint density at radius 3 is 2.53 bits per heavy atom. The zero-order valence-electron chi connectivity index (χ0n) is 17.5.